The smallest absolute Gasteiger partial charge is 0.113 e. The van der Waals surface area contributed by atoms with Crippen molar-refractivity contribution in [2.24, 2.45) is 5.73 Å². The molecule has 1 aromatic heterocycles. The normalized spacial score (nSPS) is 10.8. The van der Waals surface area contributed by atoms with Gasteiger partial charge in [0.25, 0.3) is 0 Å². The molecule has 2 aromatic rings. The van der Waals surface area contributed by atoms with Gasteiger partial charge in [0.05, 0.1) is 5.69 Å². The Morgan fingerprint density at radius 1 is 1.35 bits per heavy atom. The Hall–Kier alpha value is -1.61. The highest BCUT2D eigenvalue weighted by Gasteiger charge is 2.08. The Kier molecular flexibility index (Phi) is 3.59. The van der Waals surface area contributed by atoms with Gasteiger partial charge in [0, 0.05) is 25.4 Å². The number of hydrogen-bond donors (Lipinski definition) is 1. The van der Waals surface area contributed by atoms with Gasteiger partial charge in [0.2, 0.25) is 0 Å². The molecule has 17 heavy (non-hydrogen) atoms. The molecule has 0 aliphatic heterocycles. The Bertz CT molecular complexity index is 500. The van der Waals surface area contributed by atoms with Crippen molar-refractivity contribution in [3.05, 3.63) is 47.5 Å². The lowest BCUT2D eigenvalue weighted by molar-refractivity contribution is 0.803. The van der Waals surface area contributed by atoms with E-state index in [9.17, 15) is 0 Å². The molecule has 0 radical (unpaired) electrons. The number of hydrogen-bond acceptors (Lipinski definition) is 2. The summed E-state index contributed by atoms with van der Waals surface area (Å²) in [4.78, 5) is 4.41. The van der Waals surface area contributed by atoms with Crippen molar-refractivity contribution in [1.29, 1.82) is 0 Å². The van der Waals surface area contributed by atoms with Gasteiger partial charge < -0.3 is 10.3 Å². The zero-order valence-corrected chi connectivity index (χ0v) is 10.5. The van der Waals surface area contributed by atoms with E-state index in [2.05, 4.69) is 41.6 Å². The van der Waals surface area contributed by atoms with Crippen LogP contribution in [-0.4, -0.2) is 9.55 Å². The maximum Gasteiger partial charge on any atom is 0.113 e. The lowest BCUT2D eigenvalue weighted by Crippen LogP contribution is -2.07. The van der Waals surface area contributed by atoms with Crippen LogP contribution in [0.4, 0.5) is 0 Å². The highest BCUT2D eigenvalue weighted by atomic mass is 15.1. The number of imidazole rings is 1. The molecule has 2 N–H and O–H groups in total. The molecule has 0 saturated carbocycles. The summed E-state index contributed by atoms with van der Waals surface area (Å²) >= 11 is 0. The van der Waals surface area contributed by atoms with Crippen molar-refractivity contribution in [2.45, 2.75) is 33.2 Å². The molecule has 0 saturated heterocycles. The van der Waals surface area contributed by atoms with Gasteiger partial charge in [-0.05, 0) is 30.5 Å². The van der Waals surface area contributed by atoms with Crippen molar-refractivity contribution in [3.8, 4) is 5.69 Å². The lowest BCUT2D eigenvalue weighted by Gasteiger charge is -2.12. The van der Waals surface area contributed by atoms with Crippen LogP contribution in [0, 0.1) is 6.92 Å². The van der Waals surface area contributed by atoms with Crippen LogP contribution in [0.3, 0.4) is 0 Å². The third kappa shape index (κ3) is 2.39. The van der Waals surface area contributed by atoms with E-state index in [-0.39, 0.29) is 0 Å². The second-order valence-corrected chi connectivity index (χ2v) is 4.30. The van der Waals surface area contributed by atoms with Crippen molar-refractivity contribution in [3.63, 3.8) is 0 Å². The van der Waals surface area contributed by atoms with E-state index in [1.807, 2.05) is 12.4 Å². The van der Waals surface area contributed by atoms with Crippen molar-refractivity contribution < 1.29 is 0 Å². The Balaban J connectivity index is 2.51. The van der Waals surface area contributed by atoms with Gasteiger partial charge in [-0.15, -0.1) is 0 Å². The monoisotopic (exact) mass is 229 g/mol. The molecule has 2 rings (SSSR count). The van der Waals surface area contributed by atoms with E-state index in [0.717, 1.165) is 29.9 Å². The Morgan fingerprint density at radius 3 is 2.88 bits per heavy atom. The molecule has 90 valence electrons. The quantitative estimate of drug-likeness (QED) is 0.875. The molecule has 0 bridgehead atoms. The van der Waals surface area contributed by atoms with Gasteiger partial charge >= 0.3 is 0 Å². The number of aryl methyl sites for hydroxylation is 2. The number of nitrogens with zero attached hydrogens (tertiary/aromatic N) is 2. The zero-order chi connectivity index (χ0) is 12.3. The Morgan fingerprint density at radius 2 is 2.18 bits per heavy atom. The van der Waals surface area contributed by atoms with Crippen LogP contribution in [0.25, 0.3) is 5.69 Å². The Labute approximate surface area is 102 Å². The predicted octanol–water partition coefficient (Wildman–Crippen LogP) is 2.59. The van der Waals surface area contributed by atoms with Crippen molar-refractivity contribution >= 4 is 0 Å². The molecular weight excluding hydrogens is 210 g/mol. The summed E-state index contributed by atoms with van der Waals surface area (Å²) in [6.07, 6.45) is 5.96. The topological polar surface area (TPSA) is 43.8 Å². The molecule has 0 unspecified atom stereocenters. The van der Waals surface area contributed by atoms with Crippen LogP contribution in [0.2, 0.25) is 0 Å². The fraction of sp³-hybridized carbons (Fsp3) is 0.357. The first-order valence-electron chi connectivity index (χ1n) is 6.08. The first-order valence-corrected chi connectivity index (χ1v) is 6.08. The van der Waals surface area contributed by atoms with Gasteiger partial charge in [0.15, 0.2) is 0 Å². The first-order chi connectivity index (χ1) is 8.26. The molecule has 0 spiro atoms. The van der Waals surface area contributed by atoms with Crippen LogP contribution < -0.4 is 5.73 Å². The molecule has 0 atom stereocenters. The third-order valence-electron chi connectivity index (χ3n) is 2.91. The van der Waals surface area contributed by atoms with Crippen LogP contribution in [-0.2, 0) is 13.0 Å². The summed E-state index contributed by atoms with van der Waals surface area (Å²) in [5.74, 6) is 1.10. The van der Waals surface area contributed by atoms with Crippen molar-refractivity contribution in [1.82, 2.24) is 9.55 Å². The summed E-state index contributed by atoms with van der Waals surface area (Å²) in [6.45, 7) is 4.82. The van der Waals surface area contributed by atoms with Crippen LogP contribution in [0.15, 0.2) is 30.6 Å². The largest absolute Gasteiger partial charge is 0.326 e. The minimum Gasteiger partial charge on any atom is -0.326 e. The molecule has 3 nitrogen and oxygen atoms in total. The summed E-state index contributed by atoms with van der Waals surface area (Å²) in [5.41, 5.74) is 9.36. The predicted molar refractivity (Wildman–Crippen MR) is 70.2 cm³/mol. The van der Waals surface area contributed by atoms with Crippen LogP contribution in [0.5, 0.6) is 0 Å². The van der Waals surface area contributed by atoms with E-state index in [4.69, 9.17) is 5.73 Å². The molecule has 0 fully saturated rings. The molecule has 0 aliphatic rings. The van der Waals surface area contributed by atoms with Gasteiger partial charge in [-0.2, -0.15) is 0 Å². The van der Waals surface area contributed by atoms with Crippen LogP contribution >= 0.6 is 0 Å². The highest BCUT2D eigenvalue weighted by molar-refractivity contribution is 5.44. The molecule has 3 heteroatoms. The van der Waals surface area contributed by atoms with E-state index in [1.54, 1.807) is 0 Å². The van der Waals surface area contributed by atoms with Gasteiger partial charge in [0.1, 0.15) is 5.82 Å². The van der Waals surface area contributed by atoms with E-state index < -0.39 is 0 Å². The average molecular weight is 229 g/mol. The first kappa shape index (κ1) is 11.9. The van der Waals surface area contributed by atoms with Gasteiger partial charge in [-0.1, -0.05) is 19.1 Å². The number of rotatable bonds is 4. The summed E-state index contributed by atoms with van der Waals surface area (Å²) in [5, 5.41) is 0. The minimum atomic E-state index is 0.555. The minimum absolute atomic E-state index is 0.555. The van der Waals surface area contributed by atoms with Crippen LogP contribution in [0.1, 0.15) is 30.3 Å². The lowest BCUT2D eigenvalue weighted by atomic mass is 10.1. The van der Waals surface area contributed by atoms with E-state index in [0.29, 0.717) is 6.54 Å². The molecule has 0 amide bonds. The van der Waals surface area contributed by atoms with E-state index in [1.165, 1.54) is 5.56 Å². The SMILES string of the molecule is CCCc1nccn1-c1cc(C)ccc1CN. The van der Waals surface area contributed by atoms with Gasteiger partial charge in [-0.3, -0.25) is 0 Å². The maximum atomic E-state index is 5.80. The zero-order valence-electron chi connectivity index (χ0n) is 10.5. The fourth-order valence-electron chi connectivity index (χ4n) is 2.03. The molecule has 1 aromatic carbocycles. The average Bonchev–Trinajstić information content (AvgIpc) is 2.77. The van der Waals surface area contributed by atoms with E-state index >= 15 is 0 Å². The molecular formula is C14H19N3. The van der Waals surface area contributed by atoms with Crippen molar-refractivity contribution in [2.75, 3.05) is 0 Å². The summed E-state index contributed by atoms with van der Waals surface area (Å²) in [7, 11) is 0. The van der Waals surface area contributed by atoms with Gasteiger partial charge in [-0.25, -0.2) is 4.98 Å². The fourth-order valence-corrected chi connectivity index (χ4v) is 2.03. The maximum absolute atomic E-state index is 5.80. The number of benzene rings is 1. The second-order valence-electron chi connectivity index (χ2n) is 4.30. The third-order valence-corrected chi connectivity index (χ3v) is 2.91. The molecule has 1 heterocycles. The highest BCUT2D eigenvalue weighted by Crippen LogP contribution is 2.18. The summed E-state index contributed by atoms with van der Waals surface area (Å²) < 4.78 is 2.15. The molecule has 0 aliphatic carbocycles. The standard InChI is InChI=1S/C14H19N3/c1-3-4-14-16-7-8-17(14)13-9-11(2)5-6-12(13)10-15/h5-9H,3-4,10,15H2,1-2H3. The number of aromatic nitrogens is 2. The second kappa shape index (κ2) is 5.15. The summed E-state index contributed by atoms with van der Waals surface area (Å²) in [6, 6.07) is 6.37. The number of nitrogens with two attached hydrogens (primary N) is 1.